The molecule has 9 heteroatoms. The summed E-state index contributed by atoms with van der Waals surface area (Å²) in [6.07, 6.45) is 0.00629. The van der Waals surface area contributed by atoms with Crippen molar-refractivity contribution in [2.75, 3.05) is 19.8 Å². The Hall–Kier alpha value is -1.40. The minimum absolute atomic E-state index is 0.200. The van der Waals surface area contributed by atoms with Crippen LogP contribution in [0.3, 0.4) is 0 Å². The summed E-state index contributed by atoms with van der Waals surface area (Å²) in [5, 5.41) is 2.07. The lowest BCUT2D eigenvalue weighted by molar-refractivity contribution is -0.167. The molecule has 0 spiro atoms. The summed E-state index contributed by atoms with van der Waals surface area (Å²) in [4.78, 5) is 19.0. The molecule has 3 rings (SSSR count). The fourth-order valence-corrected chi connectivity index (χ4v) is 6.26. The van der Waals surface area contributed by atoms with Gasteiger partial charge in [-0.3, -0.25) is 14.2 Å². The minimum Gasteiger partial charge on any atom is -0.308 e. The van der Waals surface area contributed by atoms with Gasteiger partial charge in [-0.1, -0.05) is 47.0 Å². The Morgan fingerprint density at radius 1 is 1.09 bits per heavy atom. The van der Waals surface area contributed by atoms with Crippen LogP contribution in [-0.2, 0) is 18.5 Å². The number of fused-ring (bicyclic) bond motifs is 1. The number of carbonyl (C=O) groups is 1. The average molecular weight is 500 g/mol. The van der Waals surface area contributed by atoms with Gasteiger partial charge in [0.2, 0.25) is 0 Å². The van der Waals surface area contributed by atoms with Crippen molar-refractivity contribution >= 4 is 36.7 Å². The topological polar surface area (TPSA) is 65.1 Å². The van der Waals surface area contributed by atoms with Crippen molar-refractivity contribution in [3.8, 4) is 0 Å². The Kier molecular flexibility index (Phi) is 8.42. The normalized spacial score (nSPS) is 17.4. The first-order valence-electron chi connectivity index (χ1n) is 10.6. The molecule has 1 aliphatic rings. The van der Waals surface area contributed by atoms with E-state index in [0.29, 0.717) is 21.2 Å². The second-order valence-corrected chi connectivity index (χ2v) is 10.6. The summed E-state index contributed by atoms with van der Waals surface area (Å²) in [6.45, 7) is 8.00. The number of hydroxylamine groups is 2. The predicted octanol–water partition coefficient (Wildman–Crippen LogP) is 7.15. The maximum Gasteiger partial charge on any atom is 0.338 e. The molecule has 174 valence electrons. The molecule has 2 unspecified atom stereocenters. The maximum absolute atomic E-state index is 13.7. The Morgan fingerprint density at radius 2 is 1.78 bits per heavy atom. The van der Waals surface area contributed by atoms with Crippen molar-refractivity contribution < 1.29 is 23.2 Å². The lowest BCUT2D eigenvalue weighted by atomic mass is 9.98. The van der Waals surface area contributed by atoms with Crippen LogP contribution in [0.25, 0.3) is 0 Å². The van der Waals surface area contributed by atoms with Crippen molar-refractivity contribution in [3.63, 3.8) is 0 Å². The highest BCUT2D eigenvalue weighted by Crippen LogP contribution is 2.62. The quantitative estimate of drug-likeness (QED) is 0.342. The number of amides is 1. The molecule has 2 aromatic rings. The molecule has 0 saturated heterocycles. The number of benzene rings is 2. The van der Waals surface area contributed by atoms with E-state index < -0.39 is 13.3 Å². The fourth-order valence-electron chi connectivity index (χ4n) is 3.84. The second-order valence-electron chi connectivity index (χ2n) is 7.60. The lowest BCUT2D eigenvalue weighted by Gasteiger charge is -2.34. The Labute approximate surface area is 199 Å². The van der Waals surface area contributed by atoms with Gasteiger partial charge in [0, 0.05) is 5.56 Å². The van der Waals surface area contributed by atoms with E-state index in [-0.39, 0.29) is 38.2 Å². The van der Waals surface area contributed by atoms with Crippen molar-refractivity contribution in [2.24, 2.45) is 0 Å². The third-order valence-corrected chi connectivity index (χ3v) is 8.62. The third-order valence-electron chi connectivity index (χ3n) is 5.32. The molecule has 32 heavy (non-hydrogen) atoms. The van der Waals surface area contributed by atoms with Gasteiger partial charge >= 0.3 is 7.60 Å². The standard InChI is InChI=1S/C23H28Cl2NO5P/c1-5-29-32(28,30-6-2)22(17-8-10-20(24)21(25)14-17)11-12-26-23(27)19-13-15(3)7-9-18(19)16(4)31-26/h7-10,13-14,16,22H,5-6,11-12H2,1-4H3. The minimum atomic E-state index is -3.56. The molecule has 1 aliphatic heterocycles. The molecular formula is C23H28Cl2NO5P. The molecule has 0 fully saturated rings. The van der Waals surface area contributed by atoms with Gasteiger partial charge in [-0.15, -0.1) is 0 Å². The predicted molar refractivity (Wildman–Crippen MR) is 126 cm³/mol. The van der Waals surface area contributed by atoms with Crippen LogP contribution in [-0.4, -0.2) is 30.7 Å². The summed E-state index contributed by atoms with van der Waals surface area (Å²) in [5.41, 5.74) is 2.48. The van der Waals surface area contributed by atoms with Gasteiger partial charge in [-0.25, -0.2) is 5.06 Å². The van der Waals surface area contributed by atoms with Crippen molar-refractivity contribution in [1.82, 2.24) is 5.06 Å². The molecule has 0 aliphatic carbocycles. The van der Waals surface area contributed by atoms with Gasteiger partial charge in [0.05, 0.1) is 35.5 Å². The molecule has 6 nitrogen and oxygen atoms in total. The summed E-state index contributed by atoms with van der Waals surface area (Å²) in [5.74, 6) is -0.225. The summed E-state index contributed by atoms with van der Waals surface area (Å²) < 4.78 is 25.0. The van der Waals surface area contributed by atoms with E-state index in [0.717, 1.165) is 11.1 Å². The smallest absolute Gasteiger partial charge is 0.308 e. The average Bonchev–Trinajstić information content (AvgIpc) is 2.74. The number of carbonyl (C=O) groups excluding carboxylic acids is 1. The lowest BCUT2D eigenvalue weighted by Crippen LogP contribution is -2.38. The Balaban J connectivity index is 1.90. The second kappa shape index (κ2) is 10.7. The number of aryl methyl sites for hydroxylation is 1. The Morgan fingerprint density at radius 3 is 2.41 bits per heavy atom. The van der Waals surface area contributed by atoms with Crippen LogP contribution in [0.5, 0.6) is 0 Å². The van der Waals surface area contributed by atoms with E-state index in [2.05, 4.69) is 0 Å². The number of rotatable bonds is 9. The van der Waals surface area contributed by atoms with E-state index in [4.69, 9.17) is 37.1 Å². The highest BCUT2D eigenvalue weighted by molar-refractivity contribution is 7.54. The zero-order valence-electron chi connectivity index (χ0n) is 18.6. The van der Waals surface area contributed by atoms with Crippen LogP contribution in [0, 0.1) is 6.92 Å². The van der Waals surface area contributed by atoms with Crippen molar-refractivity contribution in [1.29, 1.82) is 0 Å². The molecule has 2 aromatic carbocycles. The first kappa shape index (κ1) is 25.2. The number of nitrogens with zero attached hydrogens (tertiary/aromatic N) is 1. The summed E-state index contributed by atoms with van der Waals surface area (Å²) in [7, 11) is -3.56. The summed E-state index contributed by atoms with van der Waals surface area (Å²) >= 11 is 12.3. The van der Waals surface area contributed by atoms with E-state index in [1.807, 2.05) is 32.0 Å². The van der Waals surface area contributed by atoms with E-state index in [9.17, 15) is 9.36 Å². The van der Waals surface area contributed by atoms with E-state index in [1.54, 1.807) is 32.0 Å². The molecular weight excluding hydrogens is 472 g/mol. The third kappa shape index (κ3) is 5.39. The summed E-state index contributed by atoms with van der Waals surface area (Å²) in [6, 6.07) is 10.8. The van der Waals surface area contributed by atoms with Gasteiger partial charge < -0.3 is 9.05 Å². The highest BCUT2D eigenvalue weighted by Gasteiger charge is 2.39. The zero-order chi connectivity index (χ0) is 23.5. The van der Waals surface area contributed by atoms with Crippen molar-refractivity contribution in [2.45, 2.75) is 45.9 Å². The molecule has 0 bridgehead atoms. The van der Waals surface area contributed by atoms with Crippen LogP contribution in [0.4, 0.5) is 0 Å². The van der Waals surface area contributed by atoms with Gasteiger partial charge in [0.15, 0.2) is 0 Å². The van der Waals surface area contributed by atoms with E-state index >= 15 is 0 Å². The SMILES string of the molecule is CCOP(=O)(OCC)C(CCN1OC(C)c2ccc(C)cc2C1=O)c1ccc(Cl)c(Cl)c1. The molecule has 0 N–H and O–H groups in total. The van der Waals surface area contributed by atoms with Gasteiger partial charge in [-0.05, 0) is 63.4 Å². The maximum atomic E-state index is 13.7. The van der Waals surface area contributed by atoms with Crippen molar-refractivity contribution in [3.05, 3.63) is 68.7 Å². The van der Waals surface area contributed by atoms with Crippen LogP contribution >= 0.6 is 30.8 Å². The monoisotopic (exact) mass is 499 g/mol. The van der Waals surface area contributed by atoms with Crippen LogP contribution in [0.15, 0.2) is 36.4 Å². The van der Waals surface area contributed by atoms with Crippen LogP contribution in [0.1, 0.15) is 66.0 Å². The fraction of sp³-hybridized carbons (Fsp3) is 0.435. The van der Waals surface area contributed by atoms with Gasteiger partial charge in [-0.2, -0.15) is 0 Å². The molecule has 0 aromatic heterocycles. The highest BCUT2D eigenvalue weighted by atomic mass is 35.5. The van der Waals surface area contributed by atoms with Crippen LogP contribution < -0.4 is 0 Å². The number of hydrogen-bond acceptors (Lipinski definition) is 5. The molecule has 2 atom stereocenters. The van der Waals surface area contributed by atoms with Crippen LogP contribution in [0.2, 0.25) is 10.0 Å². The number of halogens is 2. The Bertz CT molecular complexity index is 1020. The van der Waals surface area contributed by atoms with Gasteiger partial charge in [0.1, 0.15) is 6.10 Å². The zero-order valence-corrected chi connectivity index (χ0v) is 21.0. The molecule has 1 amide bonds. The number of hydrogen-bond donors (Lipinski definition) is 0. The molecule has 0 saturated carbocycles. The molecule has 0 radical (unpaired) electrons. The molecule has 1 heterocycles. The largest absolute Gasteiger partial charge is 0.338 e. The van der Waals surface area contributed by atoms with E-state index in [1.165, 1.54) is 5.06 Å². The first-order valence-corrected chi connectivity index (χ1v) is 13.0. The first-order chi connectivity index (χ1) is 15.2. The van der Waals surface area contributed by atoms with Gasteiger partial charge in [0.25, 0.3) is 5.91 Å².